The third kappa shape index (κ3) is 3.25. The summed E-state index contributed by atoms with van der Waals surface area (Å²) in [4.78, 5) is 0. The maximum Gasteiger partial charge on any atom is 0.0406 e. The van der Waals surface area contributed by atoms with Gasteiger partial charge in [-0.25, -0.2) is 0 Å². The molecule has 0 unspecified atom stereocenters. The molecule has 0 aliphatic heterocycles. The molecule has 0 nitrogen and oxygen atoms in total. The van der Waals surface area contributed by atoms with Gasteiger partial charge in [0.25, 0.3) is 0 Å². The van der Waals surface area contributed by atoms with Crippen molar-refractivity contribution in [1.29, 1.82) is 0 Å². The van der Waals surface area contributed by atoms with E-state index in [1.807, 2.05) is 0 Å². The van der Waals surface area contributed by atoms with Gasteiger partial charge in [0.1, 0.15) is 0 Å². The summed E-state index contributed by atoms with van der Waals surface area (Å²) in [6.07, 6.45) is 0. The first kappa shape index (κ1) is 18.2. The summed E-state index contributed by atoms with van der Waals surface area (Å²) in [7, 11) is 0. The number of aryl methyl sites for hydroxylation is 2. The van der Waals surface area contributed by atoms with Crippen LogP contribution in [0, 0.1) is 25.7 Å². The Hall–Kier alpha value is -3.82. The van der Waals surface area contributed by atoms with Crippen molar-refractivity contribution in [2.24, 2.45) is 0 Å². The Kier molecular flexibility index (Phi) is 4.58. The number of fused-ring (bicyclic) bond motifs is 3. The number of hydrogen-bond donors (Lipinski definition) is 0. The van der Waals surface area contributed by atoms with E-state index in [-0.39, 0.29) is 0 Å². The van der Waals surface area contributed by atoms with Crippen LogP contribution >= 0.6 is 0 Å². The standard InChI is InChI=1S/C30H22/c1-21-9-7-11-23(19-21)17-18-25(24-12-8-10-22(2)20-24)30-28-15-5-3-13-26(28)27-14-4-6-16-29(27)30/h3-16,19-20H,1-2H3. The lowest BCUT2D eigenvalue weighted by molar-refractivity contribution is 1.45. The van der Waals surface area contributed by atoms with Crippen LogP contribution in [0.2, 0.25) is 0 Å². The van der Waals surface area contributed by atoms with Crippen LogP contribution in [0.15, 0.2) is 97.1 Å². The maximum atomic E-state index is 3.56. The molecule has 0 radical (unpaired) electrons. The fourth-order valence-corrected chi connectivity index (χ4v) is 4.22. The minimum absolute atomic E-state index is 1.04. The zero-order chi connectivity index (χ0) is 20.5. The highest BCUT2D eigenvalue weighted by Crippen LogP contribution is 2.47. The van der Waals surface area contributed by atoms with Gasteiger partial charge in [0.05, 0.1) is 0 Å². The molecule has 0 saturated heterocycles. The molecule has 1 aliphatic carbocycles. The fraction of sp³-hybridized carbons (Fsp3) is 0.0667. The molecule has 0 heterocycles. The molecule has 5 rings (SSSR count). The third-order valence-corrected chi connectivity index (χ3v) is 5.59. The number of hydrogen-bond acceptors (Lipinski definition) is 0. The van der Waals surface area contributed by atoms with Gasteiger partial charge in [-0.15, -0.1) is 0 Å². The van der Waals surface area contributed by atoms with Crippen LogP contribution in [0.3, 0.4) is 0 Å². The highest BCUT2D eigenvalue weighted by atomic mass is 14.3. The van der Waals surface area contributed by atoms with Crippen molar-refractivity contribution in [2.75, 3.05) is 0 Å². The SMILES string of the molecule is Cc1cccc(C#CC(=C2c3ccccc3-c3ccccc32)c2cccc(C)c2)c1. The molecular weight excluding hydrogens is 360 g/mol. The Morgan fingerprint density at radius 3 is 1.73 bits per heavy atom. The minimum Gasteiger partial charge on any atom is -0.0616 e. The van der Waals surface area contributed by atoms with Crippen LogP contribution in [0.5, 0.6) is 0 Å². The molecule has 4 aromatic rings. The van der Waals surface area contributed by atoms with Gasteiger partial charge in [-0.3, -0.25) is 0 Å². The Balaban J connectivity index is 1.82. The lowest BCUT2D eigenvalue weighted by atomic mass is 9.92. The van der Waals surface area contributed by atoms with Crippen molar-refractivity contribution >= 4 is 11.1 Å². The summed E-state index contributed by atoms with van der Waals surface area (Å²) in [6, 6.07) is 34.4. The molecule has 142 valence electrons. The summed E-state index contributed by atoms with van der Waals surface area (Å²) in [5.74, 6) is 6.99. The Morgan fingerprint density at radius 2 is 1.13 bits per heavy atom. The van der Waals surface area contributed by atoms with Crippen molar-refractivity contribution in [3.05, 3.63) is 130 Å². The second-order valence-corrected chi connectivity index (χ2v) is 7.83. The van der Waals surface area contributed by atoms with E-state index >= 15 is 0 Å². The molecule has 0 heteroatoms. The normalized spacial score (nSPS) is 11.3. The van der Waals surface area contributed by atoms with Crippen LogP contribution in [0.4, 0.5) is 0 Å². The Bertz CT molecular complexity index is 1310. The van der Waals surface area contributed by atoms with Gasteiger partial charge in [0.15, 0.2) is 0 Å². The van der Waals surface area contributed by atoms with Crippen LogP contribution < -0.4 is 0 Å². The molecule has 30 heavy (non-hydrogen) atoms. The Labute approximate surface area is 178 Å². The average Bonchev–Trinajstić information content (AvgIpc) is 3.09. The zero-order valence-corrected chi connectivity index (χ0v) is 17.2. The van der Waals surface area contributed by atoms with E-state index in [2.05, 4.69) is 123 Å². The number of benzene rings is 4. The molecule has 0 N–H and O–H groups in total. The molecular formula is C30H22. The van der Waals surface area contributed by atoms with E-state index in [1.165, 1.54) is 39.0 Å². The van der Waals surface area contributed by atoms with Gasteiger partial charge in [0.2, 0.25) is 0 Å². The van der Waals surface area contributed by atoms with Crippen LogP contribution in [-0.4, -0.2) is 0 Å². The van der Waals surface area contributed by atoms with Gasteiger partial charge in [-0.2, -0.15) is 0 Å². The molecule has 0 aromatic heterocycles. The first-order chi connectivity index (χ1) is 14.7. The van der Waals surface area contributed by atoms with E-state index in [1.54, 1.807) is 0 Å². The first-order valence-electron chi connectivity index (χ1n) is 10.3. The molecule has 0 spiro atoms. The van der Waals surface area contributed by atoms with E-state index in [0.717, 1.165) is 16.7 Å². The fourth-order valence-electron chi connectivity index (χ4n) is 4.22. The molecule has 0 bridgehead atoms. The topological polar surface area (TPSA) is 0 Å². The van der Waals surface area contributed by atoms with E-state index in [4.69, 9.17) is 0 Å². The molecule has 0 fully saturated rings. The van der Waals surface area contributed by atoms with E-state index in [0.29, 0.717) is 0 Å². The maximum absolute atomic E-state index is 3.56. The third-order valence-electron chi connectivity index (χ3n) is 5.59. The summed E-state index contributed by atoms with van der Waals surface area (Å²) in [5.41, 5.74) is 12.1. The lowest BCUT2D eigenvalue weighted by Gasteiger charge is -2.10. The number of allylic oxidation sites excluding steroid dienone is 1. The van der Waals surface area contributed by atoms with Crippen molar-refractivity contribution < 1.29 is 0 Å². The van der Waals surface area contributed by atoms with Gasteiger partial charge in [-0.05, 0) is 59.4 Å². The molecule has 0 amide bonds. The van der Waals surface area contributed by atoms with Crippen LogP contribution in [0.25, 0.3) is 22.3 Å². The van der Waals surface area contributed by atoms with Gasteiger partial charge in [0, 0.05) is 16.7 Å². The molecule has 4 aromatic carbocycles. The second-order valence-electron chi connectivity index (χ2n) is 7.83. The van der Waals surface area contributed by atoms with Gasteiger partial charge in [-0.1, -0.05) is 102 Å². The first-order valence-corrected chi connectivity index (χ1v) is 10.3. The minimum atomic E-state index is 1.04. The van der Waals surface area contributed by atoms with Crippen molar-refractivity contribution in [3.63, 3.8) is 0 Å². The van der Waals surface area contributed by atoms with Crippen molar-refractivity contribution in [2.45, 2.75) is 13.8 Å². The monoisotopic (exact) mass is 382 g/mol. The lowest BCUT2D eigenvalue weighted by Crippen LogP contribution is -1.91. The van der Waals surface area contributed by atoms with E-state index < -0.39 is 0 Å². The van der Waals surface area contributed by atoms with E-state index in [9.17, 15) is 0 Å². The van der Waals surface area contributed by atoms with Crippen LogP contribution in [0.1, 0.15) is 33.4 Å². The quantitative estimate of drug-likeness (QED) is 0.267. The number of rotatable bonds is 1. The zero-order valence-electron chi connectivity index (χ0n) is 17.2. The smallest absolute Gasteiger partial charge is 0.0406 e. The van der Waals surface area contributed by atoms with Gasteiger partial charge < -0.3 is 0 Å². The van der Waals surface area contributed by atoms with Crippen molar-refractivity contribution in [1.82, 2.24) is 0 Å². The highest BCUT2D eigenvalue weighted by molar-refractivity contribution is 6.13. The molecule has 1 aliphatic rings. The summed E-state index contributed by atoms with van der Waals surface area (Å²) >= 11 is 0. The second kappa shape index (κ2) is 7.54. The highest BCUT2D eigenvalue weighted by Gasteiger charge is 2.25. The summed E-state index contributed by atoms with van der Waals surface area (Å²) < 4.78 is 0. The Morgan fingerprint density at radius 1 is 0.567 bits per heavy atom. The largest absolute Gasteiger partial charge is 0.0616 e. The molecule has 0 atom stereocenters. The van der Waals surface area contributed by atoms with Crippen molar-refractivity contribution in [3.8, 4) is 23.0 Å². The predicted molar refractivity (Wildman–Crippen MR) is 127 cm³/mol. The molecule has 0 saturated carbocycles. The summed E-state index contributed by atoms with van der Waals surface area (Å²) in [6.45, 7) is 4.24. The summed E-state index contributed by atoms with van der Waals surface area (Å²) in [5, 5.41) is 0. The van der Waals surface area contributed by atoms with Gasteiger partial charge >= 0.3 is 0 Å². The average molecular weight is 383 g/mol. The predicted octanol–water partition coefficient (Wildman–Crippen LogP) is 7.29. The van der Waals surface area contributed by atoms with Crippen LogP contribution in [-0.2, 0) is 0 Å².